The quantitative estimate of drug-likeness (QED) is 0.706. The van der Waals surface area contributed by atoms with E-state index in [0.29, 0.717) is 5.56 Å². The maximum atomic E-state index is 14.0. The van der Waals surface area contributed by atoms with Gasteiger partial charge in [-0.25, -0.2) is 18.2 Å². The average molecular weight is 262 g/mol. The fourth-order valence-corrected chi connectivity index (χ4v) is 2.00. The normalized spacial score (nSPS) is 11.2. The zero-order valence-corrected chi connectivity index (χ0v) is 9.97. The Balaban J connectivity index is 2.26. The zero-order valence-electron chi connectivity index (χ0n) is 9.97. The number of rotatable bonds is 1. The molecule has 0 aliphatic carbocycles. The molecule has 2 nitrogen and oxygen atoms in total. The highest BCUT2D eigenvalue weighted by atomic mass is 19.1. The maximum absolute atomic E-state index is 14.0. The molecule has 0 aliphatic rings. The van der Waals surface area contributed by atoms with Gasteiger partial charge in [-0.15, -0.1) is 0 Å². The van der Waals surface area contributed by atoms with Crippen LogP contribution < -0.4 is 0 Å². The van der Waals surface area contributed by atoms with Crippen molar-refractivity contribution in [2.24, 2.45) is 0 Å². The van der Waals surface area contributed by atoms with Crippen molar-refractivity contribution < 1.29 is 13.2 Å². The van der Waals surface area contributed by atoms with Crippen LogP contribution in [0, 0.1) is 24.4 Å². The summed E-state index contributed by atoms with van der Waals surface area (Å²) in [5.41, 5.74) is 0.895. The summed E-state index contributed by atoms with van der Waals surface area (Å²) < 4.78 is 40.6. The van der Waals surface area contributed by atoms with Gasteiger partial charge in [0.1, 0.15) is 23.0 Å². The summed E-state index contributed by atoms with van der Waals surface area (Å²) in [7, 11) is 0. The summed E-state index contributed by atoms with van der Waals surface area (Å²) in [5, 5.41) is 0. The molecule has 0 unspecified atom stereocenters. The minimum atomic E-state index is -0.773. The molecule has 3 rings (SSSR count). The summed E-state index contributed by atoms with van der Waals surface area (Å²) >= 11 is 0. The highest BCUT2D eigenvalue weighted by molar-refractivity contribution is 5.80. The fraction of sp³-hybridized carbons (Fsp3) is 0.0714. The Bertz CT molecular complexity index is 778. The molecule has 0 atom stereocenters. The van der Waals surface area contributed by atoms with Crippen molar-refractivity contribution in [1.82, 2.24) is 9.97 Å². The van der Waals surface area contributed by atoms with Crippen molar-refractivity contribution in [2.45, 2.75) is 6.92 Å². The van der Waals surface area contributed by atoms with Crippen molar-refractivity contribution in [2.75, 3.05) is 0 Å². The third-order valence-electron chi connectivity index (χ3n) is 2.95. The van der Waals surface area contributed by atoms with Gasteiger partial charge in [0.25, 0.3) is 0 Å². The SMILES string of the molecule is Cc1cccc(-c2nc3c(F)cc(F)cc3[nH]2)c1F. The van der Waals surface area contributed by atoms with Gasteiger partial charge in [0.2, 0.25) is 0 Å². The van der Waals surface area contributed by atoms with Crippen LogP contribution in [0.5, 0.6) is 0 Å². The van der Waals surface area contributed by atoms with E-state index in [0.717, 1.165) is 12.1 Å². The van der Waals surface area contributed by atoms with Crippen LogP contribution in [0.3, 0.4) is 0 Å². The number of hydrogen-bond donors (Lipinski definition) is 1. The highest BCUT2D eigenvalue weighted by Gasteiger charge is 2.14. The number of nitrogens with zero attached hydrogens (tertiary/aromatic N) is 1. The van der Waals surface area contributed by atoms with Gasteiger partial charge >= 0.3 is 0 Å². The van der Waals surface area contributed by atoms with Crippen LogP contribution in [0.15, 0.2) is 30.3 Å². The number of aromatic amines is 1. The Morgan fingerprint density at radius 1 is 1.11 bits per heavy atom. The molecule has 1 aromatic heterocycles. The van der Waals surface area contributed by atoms with Crippen LogP contribution in [-0.4, -0.2) is 9.97 Å². The standard InChI is InChI=1S/C14H9F3N2/c1-7-3-2-4-9(12(7)17)14-18-11-6-8(15)5-10(16)13(11)19-14/h2-6H,1H3,(H,18,19). The first kappa shape index (κ1) is 11.8. The van der Waals surface area contributed by atoms with Gasteiger partial charge in [-0.3, -0.25) is 0 Å². The molecule has 0 saturated carbocycles. The Kier molecular flexibility index (Phi) is 2.55. The van der Waals surface area contributed by atoms with E-state index >= 15 is 0 Å². The van der Waals surface area contributed by atoms with E-state index in [4.69, 9.17) is 0 Å². The average Bonchev–Trinajstić information content (AvgIpc) is 2.76. The van der Waals surface area contributed by atoms with E-state index in [1.807, 2.05) is 0 Å². The van der Waals surface area contributed by atoms with Crippen LogP contribution in [0.4, 0.5) is 13.2 Å². The minimum absolute atomic E-state index is 0.00249. The molecule has 0 saturated heterocycles. The Hall–Kier alpha value is -2.30. The molecular weight excluding hydrogens is 253 g/mol. The number of aryl methyl sites for hydroxylation is 1. The number of nitrogens with one attached hydrogen (secondary N) is 1. The predicted octanol–water partition coefficient (Wildman–Crippen LogP) is 3.96. The molecule has 0 aliphatic heterocycles. The summed E-state index contributed by atoms with van der Waals surface area (Å²) in [4.78, 5) is 6.72. The Morgan fingerprint density at radius 3 is 2.68 bits per heavy atom. The number of fused-ring (bicyclic) bond motifs is 1. The van der Waals surface area contributed by atoms with Crippen LogP contribution in [0.2, 0.25) is 0 Å². The molecule has 0 amide bonds. The monoisotopic (exact) mass is 262 g/mol. The molecule has 1 N–H and O–H groups in total. The van der Waals surface area contributed by atoms with E-state index in [1.165, 1.54) is 6.07 Å². The minimum Gasteiger partial charge on any atom is -0.338 e. The topological polar surface area (TPSA) is 28.7 Å². The Labute approximate surface area is 106 Å². The van der Waals surface area contributed by atoms with E-state index in [-0.39, 0.29) is 22.4 Å². The van der Waals surface area contributed by atoms with Crippen LogP contribution in [0.25, 0.3) is 22.4 Å². The van der Waals surface area contributed by atoms with Gasteiger partial charge in [0, 0.05) is 6.07 Å². The lowest BCUT2D eigenvalue weighted by Gasteiger charge is -2.01. The molecule has 0 bridgehead atoms. The van der Waals surface area contributed by atoms with E-state index in [9.17, 15) is 13.2 Å². The van der Waals surface area contributed by atoms with Crippen LogP contribution in [-0.2, 0) is 0 Å². The number of hydrogen-bond acceptors (Lipinski definition) is 1. The molecular formula is C14H9F3N2. The van der Waals surface area contributed by atoms with Crippen molar-refractivity contribution >= 4 is 11.0 Å². The molecule has 3 aromatic rings. The fourth-order valence-electron chi connectivity index (χ4n) is 2.00. The second-order valence-corrected chi connectivity index (χ2v) is 4.31. The van der Waals surface area contributed by atoms with Crippen LogP contribution >= 0.6 is 0 Å². The lowest BCUT2D eigenvalue weighted by Crippen LogP contribution is -1.89. The van der Waals surface area contributed by atoms with Gasteiger partial charge < -0.3 is 4.98 Å². The van der Waals surface area contributed by atoms with Gasteiger partial charge in [-0.2, -0.15) is 0 Å². The summed E-state index contributed by atoms with van der Waals surface area (Å²) in [6.45, 7) is 1.63. The van der Waals surface area contributed by atoms with E-state index in [2.05, 4.69) is 9.97 Å². The molecule has 0 radical (unpaired) electrons. The molecule has 2 aromatic carbocycles. The summed E-state index contributed by atoms with van der Waals surface area (Å²) in [6, 6.07) is 6.72. The molecule has 0 fully saturated rings. The lowest BCUT2D eigenvalue weighted by molar-refractivity contribution is 0.590. The smallest absolute Gasteiger partial charge is 0.153 e. The highest BCUT2D eigenvalue weighted by Crippen LogP contribution is 2.26. The van der Waals surface area contributed by atoms with Crippen molar-refractivity contribution in [3.05, 3.63) is 53.3 Å². The second-order valence-electron chi connectivity index (χ2n) is 4.31. The number of halogens is 3. The van der Waals surface area contributed by atoms with Gasteiger partial charge in [0.05, 0.1) is 11.1 Å². The predicted molar refractivity (Wildman–Crippen MR) is 66.1 cm³/mol. The zero-order chi connectivity index (χ0) is 13.6. The third-order valence-corrected chi connectivity index (χ3v) is 2.95. The first-order valence-electron chi connectivity index (χ1n) is 5.66. The van der Waals surface area contributed by atoms with Crippen molar-refractivity contribution in [3.63, 3.8) is 0 Å². The Morgan fingerprint density at radius 2 is 1.89 bits per heavy atom. The number of H-pyrrole nitrogens is 1. The molecule has 96 valence electrons. The van der Waals surface area contributed by atoms with Gasteiger partial charge in [0.15, 0.2) is 5.82 Å². The first-order valence-corrected chi connectivity index (χ1v) is 5.66. The number of benzene rings is 2. The second kappa shape index (κ2) is 4.12. The summed E-state index contributed by atoms with van der Waals surface area (Å²) in [6.07, 6.45) is 0. The summed E-state index contributed by atoms with van der Waals surface area (Å²) in [5.74, 6) is -1.72. The van der Waals surface area contributed by atoms with Gasteiger partial charge in [-0.05, 0) is 24.6 Å². The van der Waals surface area contributed by atoms with E-state index in [1.54, 1.807) is 19.1 Å². The number of imidazole rings is 1. The lowest BCUT2D eigenvalue weighted by atomic mass is 10.1. The van der Waals surface area contributed by atoms with Crippen molar-refractivity contribution in [1.29, 1.82) is 0 Å². The molecule has 19 heavy (non-hydrogen) atoms. The molecule has 1 heterocycles. The third kappa shape index (κ3) is 1.87. The van der Waals surface area contributed by atoms with Crippen LogP contribution in [0.1, 0.15) is 5.56 Å². The maximum Gasteiger partial charge on any atom is 0.153 e. The van der Waals surface area contributed by atoms with Gasteiger partial charge in [-0.1, -0.05) is 12.1 Å². The van der Waals surface area contributed by atoms with Crippen molar-refractivity contribution in [3.8, 4) is 11.4 Å². The molecule has 5 heteroatoms. The largest absolute Gasteiger partial charge is 0.338 e. The van der Waals surface area contributed by atoms with E-state index < -0.39 is 17.5 Å². The number of aromatic nitrogens is 2. The molecule has 0 spiro atoms. The first-order chi connectivity index (χ1) is 9.06.